The van der Waals surface area contributed by atoms with E-state index in [4.69, 9.17) is 21.7 Å². The van der Waals surface area contributed by atoms with Gasteiger partial charge in [-0.05, 0) is 24.9 Å². The predicted molar refractivity (Wildman–Crippen MR) is 77.6 cm³/mol. The zero-order chi connectivity index (χ0) is 21.1. The number of hydrogen-bond donors (Lipinski definition) is 2. The van der Waals surface area contributed by atoms with Crippen LogP contribution >= 0.6 is 0 Å². The molecular formula is C12H14Mo2N6O8-4. The van der Waals surface area contributed by atoms with Crippen LogP contribution in [0.1, 0.15) is 11.4 Å². The molecule has 16 heteroatoms. The van der Waals surface area contributed by atoms with Gasteiger partial charge in [-0.25, -0.2) is 0 Å². The molecule has 1 aliphatic heterocycles. The van der Waals surface area contributed by atoms with Gasteiger partial charge < -0.3 is 41.6 Å². The first-order valence-corrected chi connectivity index (χ1v) is 12.0. The molecule has 0 aliphatic carbocycles. The Morgan fingerprint density at radius 1 is 0.929 bits per heavy atom. The van der Waals surface area contributed by atoms with Gasteiger partial charge in [-0.3, -0.25) is 9.59 Å². The van der Waals surface area contributed by atoms with Crippen LogP contribution in [0.15, 0.2) is 25.0 Å². The second-order valence-electron chi connectivity index (χ2n) is 4.76. The van der Waals surface area contributed by atoms with E-state index in [9.17, 15) is 16.4 Å². The average molecular weight is 562 g/mol. The summed E-state index contributed by atoms with van der Waals surface area (Å²) in [7, 11) is 0. The molecule has 0 aromatic carbocycles. The fourth-order valence-corrected chi connectivity index (χ4v) is 4.68. The van der Waals surface area contributed by atoms with Crippen LogP contribution in [0.2, 0.25) is 0 Å². The quantitative estimate of drug-likeness (QED) is 0.436. The molecule has 156 valence electrons. The van der Waals surface area contributed by atoms with E-state index in [2.05, 4.69) is 24.0 Å². The standard InChI is InChI=1S/2C6H8N3O2.2Mo.4O/c2*7-5(6(10)11)1-4-2-8-3-9-4;;;;;;/h2*2-3,5,7H,1H2,(H2,8,9,10,11);;;;;;/q2*-1;;;;;;/p-2. The van der Waals surface area contributed by atoms with Crippen LogP contribution in [-0.2, 0) is 69.4 Å². The molecule has 14 nitrogen and oxygen atoms in total. The summed E-state index contributed by atoms with van der Waals surface area (Å²) in [6.07, 6.45) is 5.84. The van der Waals surface area contributed by atoms with Gasteiger partial charge in [0.05, 0.1) is 0 Å². The summed E-state index contributed by atoms with van der Waals surface area (Å²) in [4.78, 5) is 35.2. The van der Waals surface area contributed by atoms with Gasteiger partial charge in [-0.2, -0.15) is 0 Å². The van der Waals surface area contributed by atoms with Crippen molar-refractivity contribution < 1.29 is 66.8 Å². The van der Waals surface area contributed by atoms with Crippen molar-refractivity contribution in [1.82, 2.24) is 19.9 Å². The summed E-state index contributed by atoms with van der Waals surface area (Å²) in [6, 6.07) is -2.27. The second-order valence-corrected chi connectivity index (χ2v) is 11.4. The molecule has 0 saturated carbocycles. The van der Waals surface area contributed by atoms with Crippen molar-refractivity contribution in [3.8, 4) is 0 Å². The van der Waals surface area contributed by atoms with E-state index in [-0.39, 0.29) is 12.8 Å². The first-order valence-electron chi connectivity index (χ1n) is 7.11. The molecule has 3 rings (SSSR count). The molecule has 2 aromatic heterocycles. The molecule has 28 heavy (non-hydrogen) atoms. The Kier molecular flexibility index (Phi) is 10.9. The van der Waals surface area contributed by atoms with Crippen molar-refractivity contribution in [1.29, 1.82) is 0 Å². The Labute approximate surface area is 171 Å². The molecule has 1 aliphatic rings. The number of rotatable bonds is 6. The van der Waals surface area contributed by atoms with Gasteiger partial charge in [0.2, 0.25) is 0 Å². The Hall–Kier alpha value is -1.82. The van der Waals surface area contributed by atoms with Crippen LogP contribution in [0.3, 0.4) is 0 Å². The SMILES string of the molecule is [NH-]C(Cc1cnc[n-]1)C(=O)O.[NH-]C(Cc1cnc[n-]1)C(=O)O.[O]=[Mo]1[O][Mo](=[O])[O]1. The number of aromatic nitrogens is 4. The van der Waals surface area contributed by atoms with Crippen LogP contribution in [0.4, 0.5) is 0 Å². The van der Waals surface area contributed by atoms with Gasteiger partial charge in [0.25, 0.3) is 11.9 Å². The molecule has 1 fully saturated rings. The predicted octanol–water partition coefficient (Wildman–Crippen LogP) is -0.206. The summed E-state index contributed by atoms with van der Waals surface area (Å²) in [5.41, 5.74) is 15.2. The maximum absolute atomic E-state index is 10.2. The van der Waals surface area contributed by atoms with E-state index in [1.165, 1.54) is 25.0 Å². The molecule has 3 heterocycles. The van der Waals surface area contributed by atoms with Crippen LogP contribution in [0, 0.1) is 0 Å². The number of carboxylic acid groups (broad SMARTS) is 2. The molecule has 0 amide bonds. The van der Waals surface area contributed by atoms with Gasteiger partial charge in [0.1, 0.15) is 0 Å². The number of imidazole rings is 2. The minimum absolute atomic E-state index is 0.120. The normalized spacial score (nSPS) is 15.8. The molecule has 0 radical (unpaired) electrons. The van der Waals surface area contributed by atoms with E-state index < -0.39 is 60.1 Å². The van der Waals surface area contributed by atoms with Gasteiger partial charge >= 0.3 is 47.0 Å². The maximum atomic E-state index is 10.2. The zero-order valence-corrected chi connectivity index (χ0v) is 17.8. The molecule has 2 atom stereocenters. The molecule has 2 aromatic rings. The summed E-state index contributed by atoms with van der Waals surface area (Å²) in [6.45, 7) is 0. The zero-order valence-electron chi connectivity index (χ0n) is 13.8. The van der Waals surface area contributed by atoms with Crippen molar-refractivity contribution in [2.24, 2.45) is 0 Å². The van der Waals surface area contributed by atoms with Crippen LogP contribution < -0.4 is 9.97 Å². The van der Waals surface area contributed by atoms with E-state index in [0.29, 0.717) is 11.4 Å². The van der Waals surface area contributed by atoms with E-state index in [1.54, 1.807) is 0 Å². The number of hydrogen-bond acceptors (Lipinski definition) is 8. The monoisotopic (exact) mass is 566 g/mol. The Morgan fingerprint density at radius 2 is 1.29 bits per heavy atom. The topological polar surface area (TPSA) is 229 Å². The minimum atomic E-state index is -2.75. The van der Waals surface area contributed by atoms with Gasteiger partial charge in [-0.1, -0.05) is 36.4 Å². The van der Waals surface area contributed by atoms with Crippen LogP contribution in [0.5, 0.6) is 0 Å². The van der Waals surface area contributed by atoms with E-state index >= 15 is 0 Å². The molecule has 2 unspecified atom stereocenters. The fourth-order valence-electron chi connectivity index (χ4n) is 1.42. The average Bonchev–Trinajstić information content (AvgIpc) is 3.28. The third kappa shape index (κ3) is 9.92. The third-order valence-electron chi connectivity index (χ3n) is 2.67. The number of carboxylic acids is 2. The first-order chi connectivity index (χ1) is 13.2. The third-order valence-corrected chi connectivity index (χ3v) is 10.2. The Bertz CT molecular complexity index is 710. The molecule has 1 saturated heterocycles. The molecule has 4 N–H and O–H groups in total. The number of aliphatic carboxylic acids is 2. The van der Waals surface area contributed by atoms with Gasteiger partial charge in [-0.15, -0.1) is 0 Å². The molecule has 0 spiro atoms. The second kappa shape index (κ2) is 12.6. The van der Waals surface area contributed by atoms with Crippen molar-refractivity contribution >= 4 is 11.9 Å². The molecular weight excluding hydrogens is 548 g/mol. The fraction of sp³-hybridized carbons (Fsp3) is 0.333. The van der Waals surface area contributed by atoms with E-state index in [0.717, 1.165) is 0 Å². The van der Waals surface area contributed by atoms with Crippen molar-refractivity contribution in [3.05, 3.63) is 47.9 Å². The van der Waals surface area contributed by atoms with Gasteiger partial charge in [0, 0.05) is 0 Å². The summed E-state index contributed by atoms with van der Waals surface area (Å²) in [5, 5.41) is 16.7. The number of carbonyl (C=O) groups is 2. The number of nitrogens with zero attached hydrogens (tertiary/aromatic N) is 4. The summed E-state index contributed by atoms with van der Waals surface area (Å²) < 4.78 is 27.8. The van der Waals surface area contributed by atoms with Gasteiger partial charge in [0.15, 0.2) is 0 Å². The van der Waals surface area contributed by atoms with Crippen molar-refractivity contribution in [3.63, 3.8) is 0 Å². The summed E-state index contributed by atoms with van der Waals surface area (Å²) in [5.74, 6) is -2.26. The van der Waals surface area contributed by atoms with Crippen LogP contribution in [0.25, 0.3) is 11.5 Å². The van der Waals surface area contributed by atoms with Crippen molar-refractivity contribution in [2.75, 3.05) is 0 Å². The van der Waals surface area contributed by atoms with Crippen LogP contribution in [-0.4, -0.2) is 44.2 Å². The molecule has 0 bridgehead atoms. The first kappa shape index (κ1) is 24.2. The summed E-state index contributed by atoms with van der Waals surface area (Å²) >= 11 is -5.51. The number of nitrogens with one attached hydrogen (secondary N) is 2. The van der Waals surface area contributed by atoms with E-state index in [1.807, 2.05) is 0 Å². The van der Waals surface area contributed by atoms with Crippen molar-refractivity contribution in [2.45, 2.75) is 24.9 Å². The Balaban J connectivity index is 0.000000219. The Morgan fingerprint density at radius 3 is 1.46 bits per heavy atom.